The van der Waals surface area contributed by atoms with E-state index in [1.54, 1.807) is 0 Å². The van der Waals surface area contributed by atoms with Gasteiger partial charge in [0.1, 0.15) is 11.2 Å². The van der Waals surface area contributed by atoms with Crippen molar-refractivity contribution in [2.24, 2.45) is 23.2 Å². The third-order valence-electron chi connectivity index (χ3n) is 5.91. The van der Waals surface area contributed by atoms with Crippen LogP contribution in [0.4, 0.5) is 0 Å². The molecule has 25 heavy (non-hydrogen) atoms. The third kappa shape index (κ3) is 6.50. The van der Waals surface area contributed by atoms with Crippen LogP contribution in [0.5, 0.6) is 0 Å². The van der Waals surface area contributed by atoms with E-state index in [0.29, 0.717) is 17.8 Å². The van der Waals surface area contributed by atoms with Crippen LogP contribution in [0.3, 0.4) is 0 Å². The Morgan fingerprint density at radius 2 is 1.20 bits per heavy atom. The van der Waals surface area contributed by atoms with Gasteiger partial charge in [0.2, 0.25) is 5.79 Å². The van der Waals surface area contributed by atoms with Crippen LogP contribution in [-0.2, 0) is 19.6 Å². The van der Waals surface area contributed by atoms with E-state index in [0.717, 1.165) is 19.3 Å². The van der Waals surface area contributed by atoms with Gasteiger partial charge in [0.25, 0.3) is 0 Å². The van der Waals surface area contributed by atoms with Gasteiger partial charge in [0, 0.05) is 12.8 Å². The Bertz CT molecular complexity index is 400. The van der Waals surface area contributed by atoms with Crippen molar-refractivity contribution >= 4 is 0 Å². The lowest BCUT2D eigenvalue weighted by Crippen LogP contribution is -2.50. The summed E-state index contributed by atoms with van der Waals surface area (Å²) < 4.78 is 0. The minimum atomic E-state index is -0.876. The van der Waals surface area contributed by atoms with Gasteiger partial charge in [-0.05, 0) is 57.3 Å². The summed E-state index contributed by atoms with van der Waals surface area (Å²) in [6.45, 7) is 23.4. The summed E-state index contributed by atoms with van der Waals surface area (Å²) in [6, 6.07) is 0. The molecule has 4 heteroatoms. The molecule has 0 saturated heterocycles. The van der Waals surface area contributed by atoms with Crippen molar-refractivity contribution in [1.29, 1.82) is 0 Å². The Labute approximate surface area is 155 Å². The zero-order valence-electron chi connectivity index (χ0n) is 18.5. The molecule has 4 nitrogen and oxygen atoms in total. The lowest BCUT2D eigenvalue weighted by atomic mass is 9.70. The van der Waals surface area contributed by atoms with Crippen molar-refractivity contribution in [2.45, 2.75) is 112 Å². The summed E-state index contributed by atoms with van der Waals surface area (Å²) in [4.78, 5) is 23.9. The van der Waals surface area contributed by atoms with Crippen molar-refractivity contribution < 1.29 is 19.6 Å². The van der Waals surface area contributed by atoms with E-state index in [4.69, 9.17) is 19.6 Å². The van der Waals surface area contributed by atoms with Crippen LogP contribution in [0.25, 0.3) is 0 Å². The highest BCUT2D eigenvalue weighted by molar-refractivity contribution is 4.88. The van der Waals surface area contributed by atoms with Gasteiger partial charge in [-0.2, -0.15) is 9.78 Å². The molecule has 0 N–H and O–H groups in total. The minimum Gasteiger partial charge on any atom is -0.227 e. The normalized spacial score (nSPS) is 24.1. The van der Waals surface area contributed by atoms with Gasteiger partial charge in [-0.25, -0.2) is 9.78 Å². The predicted octanol–water partition coefficient (Wildman–Crippen LogP) is 6.29. The maximum atomic E-state index is 6.03. The van der Waals surface area contributed by atoms with Crippen LogP contribution in [0, 0.1) is 23.2 Å². The van der Waals surface area contributed by atoms with Crippen LogP contribution >= 0.6 is 0 Å². The monoisotopic (exact) mass is 358 g/mol. The van der Waals surface area contributed by atoms with Gasteiger partial charge in [0.15, 0.2) is 0 Å². The summed E-state index contributed by atoms with van der Waals surface area (Å²) in [5.41, 5.74) is -0.683. The Morgan fingerprint density at radius 3 is 1.52 bits per heavy atom. The van der Waals surface area contributed by atoms with Gasteiger partial charge in [-0.3, -0.25) is 0 Å². The van der Waals surface area contributed by atoms with E-state index in [1.807, 2.05) is 27.7 Å². The second kappa shape index (κ2) is 7.84. The highest BCUT2D eigenvalue weighted by Gasteiger charge is 2.49. The number of hydrogen-bond acceptors (Lipinski definition) is 4. The second-order valence-corrected chi connectivity index (χ2v) is 10.6. The second-order valence-electron chi connectivity index (χ2n) is 10.6. The molecular weight excluding hydrogens is 316 g/mol. The highest BCUT2D eigenvalue weighted by Crippen LogP contribution is 2.47. The van der Waals surface area contributed by atoms with E-state index < -0.39 is 17.0 Å². The van der Waals surface area contributed by atoms with Gasteiger partial charge in [-0.1, -0.05) is 48.5 Å². The van der Waals surface area contributed by atoms with Gasteiger partial charge in [0.05, 0.1) is 0 Å². The summed E-state index contributed by atoms with van der Waals surface area (Å²) in [7, 11) is 0. The average molecular weight is 359 g/mol. The molecule has 0 aromatic rings. The Morgan fingerprint density at radius 1 is 0.800 bits per heavy atom. The first-order chi connectivity index (χ1) is 11.1. The molecule has 0 radical (unpaired) electrons. The molecule has 1 aliphatic rings. The maximum Gasteiger partial charge on any atom is 0.234 e. The van der Waals surface area contributed by atoms with Crippen LogP contribution in [0.2, 0.25) is 0 Å². The lowest BCUT2D eigenvalue weighted by Gasteiger charge is -2.47. The molecule has 150 valence electrons. The number of rotatable bonds is 8. The van der Waals surface area contributed by atoms with E-state index >= 15 is 0 Å². The Hall–Kier alpha value is -0.160. The Kier molecular flexibility index (Phi) is 7.17. The maximum absolute atomic E-state index is 6.03. The summed E-state index contributed by atoms with van der Waals surface area (Å²) in [6.07, 6.45) is 2.65. The topological polar surface area (TPSA) is 36.9 Å². The van der Waals surface area contributed by atoms with Crippen molar-refractivity contribution in [3.05, 3.63) is 0 Å². The first kappa shape index (κ1) is 22.9. The van der Waals surface area contributed by atoms with Gasteiger partial charge in [-0.15, -0.1) is 0 Å². The average Bonchev–Trinajstić information content (AvgIpc) is 2.41. The quantitative estimate of drug-likeness (QED) is 0.290. The highest BCUT2D eigenvalue weighted by atomic mass is 17.3. The summed E-state index contributed by atoms with van der Waals surface area (Å²) >= 11 is 0. The molecule has 1 unspecified atom stereocenters. The van der Waals surface area contributed by atoms with Crippen LogP contribution in [-0.4, -0.2) is 17.0 Å². The van der Waals surface area contributed by atoms with Crippen molar-refractivity contribution in [3.63, 3.8) is 0 Å². The fourth-order valence-corrected chi connectivity index (χ4v) is 3.12. The molecule has 0 amide bonds. The zero-order chi connectivity index (χ0) is 19.7. The first-order valence-electron chi connectivity index (χ1n) is 9.84. The fourth-order valence-electron chi connectivity index (χ4n) is 3.12. The van der Waals surface area contributed by atoms with Gasteiger partial charge < -0.3 is 0 Å². The van der Waals surface area contributed by atoms with E-state index in [9.17, 15) is 0 Å². The molecule has 0 aromatic carbocycles. The summed E-state index contributed by atoms with van der Waals surface area (Å²) in [5, 5.41) is 0. The molecule has 0 bridgehead atoms. The largest absolute Gasteiger partial charge is 0.234 e. The van der Waals surface area contributed by atoms with Gasteiger partial charge >= 0.3 is 0 Å². The molecular formula is C21H42O4. The SMILES string of the molecule is CC1CC(C)(C)CC(OOC(C)(C)C(C)C)(OOC(C)(C)C(C)C)C1. The minimum absolute atomic E-state index is 0.105. The molecule has 1 fully saturated rings. The molecule has 1 atom stereocenters. The zero-order valence-corrected chi connectivity index (χ0v) is 18.5. The standard InChI is InChI=1S/C21H42O4/c1-15(2)19(8,9)22-24-21(25-23-20(10,11)16(3)4)13-17(5)12-18(6,7)14-21/h15-17H,12-14H2,1-11H3. The molecule has 0 spiro atoms. The molecule has 1 rings (SSSR count). The summed E-state index contributed by atoms with van der Waals surface area (Å²) in [5.74, 6) is 0.248. The van der Waals surface area contributed by atoms with Crippen LogP contribution in [0.1, 0.15) is 95.4 Å². The predicted molar refractivity (Wildman–Crippen MR) is 102 cm³/mol. The van der Waals surface area contributed by atoms with Crippen molar-refractivity contribution in [1.82, 2.24) is 0 Å². The van der Waals surface area contributed by atoms with Crippen molar-refractivity contribution in [2.75, 3.05) is 0 Å². The molecule has 1 saturated carbocycles. The fraction of sp³-hybridized carbons (Fsp3) is 1.00. The molecule has 0 aromatic heterocycles. The van der Waals surface area contributed by atoms with Crippen LogP contribution in [0.15, 0.2) is 0 Å². The van der Waals surface area contributed by atoms with E-state index in [2.05, 4.69) is 48.5 Å². The Balaban J connectivity index is 2.98. The number of hydrogen-bond donors (Lipinski definition) is 0. The van der Waals surface area contributed by atoms with Crippen LogP contribution < -0.4 is 0 Å². The third-order valence-corrected chi connectivity index (χ3v) is 5.91. The first-order valence-corrected chi connectivity index (χ1v) is 9.84. The van der Waals surface area contributed by atoms with E-state index in [-0.39, 0.29) is 5.41 Å². The lowest BCUT2D eigenvalue weighted by molar-refractivity contribution is -0.557. The molecule has 1 aliphatic carbocycles. The van der Waals surface area contributed by atoms with E-state index in [1.165, 1.54) is 0 Å². The smallest absolute Gasteiger partial charge is 0.227 e. The molecule has 0 aliphatic heterocycles. The van der Waals surface area contributed by atoms with Crippen molar-refractivity contribution in [3.8, 4) is 0 Å². The molecule has 0 heterocycles.